The van der Waals surface area contributed by atoms with Crippen LogP contribution >= 0.6 is 0 Å². The van der Waals surface area contributed by atoms with Crippen LogP contribution in [0.4, 0.5) is 0 Å². The first-order valence-electron chi connectivity index (χ1n) is 6.31. The van der Waals surface area contributed by atoms with Crippen molar-refractivity contribution in [3.63, 3.8) is 0 Å². The van der Waals surface area contributed by atoms with Crippen molar-refractivity contribution in [3.05, 3.63) is 35.4 Å². The van der Waals surface area contributed by atoms with Gasteiger partial charge in [-0.3, -0.25) is 4.79 Å². The second-order valence-corrected chi connectivity index (χ2v) is 4.53. The van der Waals surface area contributed by atoms with Crippen LogP contribution in [0.3, 0.4) is 0 Å². The summed E-state index contributed by atoms with van der Waals surface area (Å²) < 4.78 is 0. The largest absolute Gasteiger partial charge is 0.352 e. The van der Waals surface area contributed by atoms with Crippen LogP contribution < -0.4 is 10.6 Å². The van der Waals surface area contributed by atoms with Gasteiger partial charge in [0.25, 0.3) is 5.91 Å². The number of rotatable bonds is 4. The van der Waals surface area contributed by atoms with Crippen LogP contribution in [0.15, 0.2) is 24.3 Å². The van der Waals surface area contributed by atoms with Gasteiger partial charge in [0.2, 0.25) is 0 Å². The van der Waals surface area contributed by atoms with Crippen molar-refractivity contribution in [2.45, 2.75) is 25.3 Å². The number of hydrogen-bond acceptors (Lipinski definition) is 3. The second kappa shape index (κ2) is 6.18. The quantitative estimate of drug-likeness (QED) is 0.840. The van der Waals surface area contributed by atoms with E-state index >= 15 is 0 Å². The Morgan fingerprint density at radius 2 is 2.44 bits per heavy atom. The lowest BCUT2D eigenvalue weighted by atomic mass is 10.1. The lowest BCUT2D eigenvalue weighted by Gasteiger charge is -2.10. The summed E-state index contributed by atoms with van der Waals surface area (Å²) in [4.78, 5) is 11.8. The summed E-state index contributed by atoms with van der Waals surface area (Å²) in [6.07, 6.45) is 3.38. The van der Waals surface area contributed by atoms with Gasteiger partial charge in [0.1, 0.15) is 0 Å². The van der Waals surface area contributed by atoms with Gasteiger partial charge in [-0.15, -0.1) is 0 Å². The summed E-state index contributed by atoms with van der Waals surface area (Å²) in [7, 11) is 0. The van der Waals surface area contributed by atoms with E-state index in [1.54, 1.807) is 24.3 Å². The molecule has 1 aliphatic heterocycles. The number of nitrogens with one attached hydrogen (secondary N) is 2. The molecule has 18 heavy (non-hydrogen) atoms. The highest BCUT2D eigenvalue weighted by Crippen LogP contribution is 2.08. The molecule has 1 aromatic rings. The Labute approximate surface area is 107 Å². The maximum atomic E-state index is 11.8. The normalized spacial score (nSPS) is 18.3. The van der Waals surface area contributed by atoms with Crippen LogP contribution in [-0.2, 0) is 0 Å². The van der Waals surface area contributed by atoms with Crippen LogP contribution in [0.1, 0.15) is 35.2 Å². The van der Waals surface area contributed by atoms with Gasteiger partial charge in [-0.1, -0.05) is 6.07 Å². The molecule has 0 bridgehead atoms. The van der Waals surface area contributed by atoms with Crippen LogP contribution in [-0.4, -0.2) is 25.0 Å². The Bertz CT molecular complexity index is 458. The minimum absolute atomic E-state index is 0.106. The van der Waals surface area contributed by atoms with E-state index in [0.29, 0.717) is 23.7 Å². The first-order valence-corrected chi connectivity index (χ1v) is 6.31. The standard InChI is InChI=1S/C14H17N3O/c15-10-11-3-1-4-12(9-11)14(18)17-8-6-13-5-2-7-16-13/h1,3-4,9,13,16H,2,5-8H2,(H,17,18)/t13-/m1/s1. The molecule has 1 aliphatic rings. The number of amides is 1. The summed E-state index contributed by atoms with van der Waals surface area (Å²) in [5.74, 6) is -0.106. The van der Waals surface area contributed by atoms with Gasteiger partial charge in [-0.25, -0.2) is 0 Å². The molecular weight excluding hydrogens is 226 g/mol. The van der Waals surface area contributed by atoms with Gasteiger partial charge >= 0.3 is 0 Å². The Balaban J connectivity index is 1.81. The molecule has 2 N–H and O–H groups in total. The average Bonchev–Trinajstić information content (AvgIpc) is 2.92. The molecule has 4 nitrogen and oxygen atoms in total. The van der Waals surface area contributed by atoms with Crippen molar-refractivity contribution >= 4 is 5.91 Å². The Kier molecular flexibility index (Phi) is 4.32. The number of hydrogen-bond donors (Lipinski definition) is 2. The number of carbonyl (C=O) groups excluding carboxylic acids is 1. The maximum absolute atomic E-state index is 11.8. The van der Waals surface area contributed by atoms with E-state index in [1.807, 2.05) is 6.07 Å². The summed E-state index contributed by atoms with van der Waals surface area (Å²) in [5, 5.41) is 15.1. The third-order valence-corrected chi connectivity index (χ3v) is 3.19. The smallest absolute Gasteiger partial charge is 0.251 e. The minimum atomic E-state index is -0.106. The molecule has 4 heteroatoms. The maximum Gasteiger partial charge on any atom is 0.251 e. The molecule has 0 spiro atoms. The molecule has 1 saturated heterocycles. The van der Waals surface area contributed by atoms with E-state index in [0.717, 1.165) is 13.0 Å². The van der Waals surface area contributed by atoms with Crippen molar-refractivity contribution in [2.75, 3.05) is 13.1 Å². The van der Waals surface area contributed by atoms with Crippen molar-refractivity contribution in [3.8, 4) is 6.07 Å². The molecule has 1 amide bonds. The third kappa shape index (κ3) is 3.31. The van der Waals surface area contributed by atoms with Gasteiger partial charge < -0.3 is 10.6 Å². The fourth-order valence-electron chi connectivity index (χ4n) is 2.20. The summed E-state index contributed by atoms with van der Waals surface area (Å²) >= 11 is 0. The first-order chi connectivity index (χ1) is 8.79. The van der Waals surface area contributed by atoms with Crippen molar-refractivity contribution in [1.29, 1.82) is 5.26 Å². The fourth-order valence-corrected chi connectivity index (χ4v) is 2.20. The third-order valence-electron chi connectivity index (χ3n) is 3.19. The van der Waals surface area contributed by atoms with Gasteiger partial charge in [0.15, 0.2) is 0 Å². The monoisotopic (exact) mass is 243 g/mol. The van der Waals surface area contributed by atoms with Crippen LogP contribution in [0, 0.1) is 11.3 Å². The average molecular weight is 243 g/mol. The molecular formula is C14H17N3O. The zero-order valence-electron chi connectivity index (χ0n) is 10.3. The highest BCUT2D eigenvalue weighted by molar-refractivity contribution is 5.94. The van der Waals surface area contributed by atoms with Crippen LogP contribution in [0.2, 0.25) is 0 Å². The Hall–Kier alpha value is -1.86. The SMILES string of the molecule is N#Cc1cccc(C(=O)NCC[C@H]2CCCN2)c1. The molecule has 0 aromatic heterocycles. The topological polar surface area (TPSA) is 64.9 Å². The van der Waals surface area contributed by atoms with Gasteiger partial charge in [0.05, 0.1) is 11.6 Å². The first kappa shape index (κ1) is 12.6. The number of nitrogens with zero attached hydrogens (tertiary/aromatic N) is 1. The molecule has 0 unspecified atom stereocenters. The molecule has 94 valence electrons. The summed E-state index contributed by atoms with van der Waals surface area (Å²) in [6.45, 7) is 1.76. The Morgan fingerprint density at radius 3 is 3.17 bits per heavy atom. The minimum Gasteiger partial charge on any atom is -0.352 e. The van der Waals surface area contributed by atoms with E-state index < -0.39 is 0 Å². The lowest BCUT2D eigenvalue weighted by Crippen LogP contribution is -2.30. The highest BCUT2D eigenvalue weighted by Gasteiger charge is 2.14. The number of carbonyl (C=O) groups is 1. The van der Waals surface area contributed by atoms with Gasteiger partial charge in [0, 0.05) is 18.2 Å². The van der Waals surface area contributed by atoms with E-state index in [2.05, 4.69) is 10.6 Å². The number of nitriles is 1. The van der Waals surface area contributed by atoms with E-state index in [4.69, 9.17) is 5.26 Å². The lowest BCUT2D eigenvalue weighted by molar-refractivity contribution is 0.0952. The molecule has 1 aromatic carbocycles. The molecule has 1 fully saturated rings. The summed E-state index contributed by atoms with van der Waals surface area (Å²) in [5.41, 5.74) is 1.06. The van der Waals surface area contributed by atoms with Crippen LogP contribution in [0.25, 0.3) is 0 Å². The summed E-state index contributed by atoms with van der Waals surface area (Å²) in [6, 6.07) is 9.33. The van der Waals surface area contributed by atoms with E-state index in [-0.39, 0.29) is 5.91 Å². The molecule has 0 radical (unpaired) electrons. The molecule has 2 rings (SSSR count). The predicted octanol–water partition coefficient (Wildman–Crippen LogP) is 1.43. The van der Waals surface area contributed by atoms with Crippen molar-refractivity contribution in [2.24, 2.45) is 0 Å². The molecule has 0 saturated carbocycles. The van der Waals surface area contributed by atoms with Crippen molar-refractivity contribution in [1.82, 2.24) is 10.6 Å². The zero-order chi connectivity index (χ0) is 12.8. The van der Waals surface area contributed by atoms with Crippen molar-refractivity contribution < 1.29 is 4.79 Å². The van der Waals surface area contributed by atoms with E-state index in [9.17, 15) is 4.79 Å². The highest BCUT2D eigenvalue weighted by atomic mass is 16.1. The van der Waals surface area contributed by atoms with Gasteiger partial charge in [-0.05, 0) is 44.0 Å². The zero-order valence-corrected chi connectivity index (χ0v) is 10.3. The fraction of sp³-hybridized carbons (Fsp3) is 0.429. The van der Waals surface area contributed by atoms with E-state index in [1.165, 1.54) is 12.8 Å². The number of benzene rings is 1. The predicted molar refractivity (Wildman–Crippen MR) is 69.1 cm³/mol. The molecule has 0 aliphatic carbocycles. The second-order valence-electron chi connectivity index (χ2n) is 4.53. The van der Waals surface area contributed by atoms with Crippen LogP contribution in [0.5, 0.6) is 0 Å². The van der Waals surface area contributed by atoms with Gasteiger partial charge in [-0.2, -0.15) is 5.26 Å². The molecule has 1 heterocycles. The Morgan fingerprint density at radius 1 is 1.56 bits per heavy atom. The molecule has 1 atom stereocenters.